The van der Waals surface area contributed by atoms with Crippen molar-refractivity contribution < 1.29 is 22.0 Å². The maximum atomic E-state index is 14.2. The van der Waals surface area contributed by atoms with Crippen LogP contribution in [0.1, 0.15) is 16.5 Å². The summed E-state index contributed by atoms with van der Waals surface area (Å²) >= 11 is -0.507. The Labute approximate surface area is 218 Å². The van der Waals surface area contributed by atoms with Gasteiger partial charge in [0, 0.05) is 17.5 Å². The van der Waals surface area contributed by atoms with Crippen molar-refractivity contribution >= 4 is 34.7 Å². The van der Waals surface area contributed by atoms with E-state index < -0.39 is 22.9 Å². The molecule has 0 saturated heterocycles. The van der Waals surface area contributed by atoms with Gasteiger partial charge in [0.05, 0.1) is 17.8 Å². The first kappa shape index (κ1) is 25.0. The van der Waals surface area contributed by atoms with Crippen LogP contribution in [0.3, 0.4) is 0 Å². The molecular formula is C26H22F2N4O3S2. The van der Waals surface area contributed by atoms with Crippen LogP contribution < -0.4 is 15.4 Å². The van der Waals surface area contributed by atoms with E-state index in [1.54, 1.807) is 23.9 Å². The lowest BCUT2D eigenvalue weighted by molar-refractivity contribution is 0.555. The molecule has 37 heavy (non-hydrogen) atoms. The number of rotatable bonds is 9. The zero-order valence-corrected chi connectivity index (χ0v) is 20.9. The summed E-state index contributed by atoms with van der Waals surface area (Å²) in [5.74, 6) is -1.23. The predicted molar refractivity (Wildman–Crippen MR) is 142 cm³/mol. The van der Waals surface area contributed by atoms with Crippen LogP contribution in [0.15, 0.2) is 94.5 Å². The van der Waals surface area contributed by atoms with Crippen LogP contribution in [0.5, 0.6) is 0 Å². The molecule has 3 atom stereocenters. The molecule has 2 heterocycles. The first-order valence-electron chi connectivity index (χ1n) is 11.3. The monoisotopic (exact) mass is 540 g/mol. The van der Waals surface area contributed by atoms with E-state index in [1.165, 1.54) is 12.3 Å². The van der Waals surface area contributed by atoms with E-state index in [0.29, 0.717) is 12.1 Å². The van der Waals surface area contributed by atoms with Crippen molar-refractivity contribution in [3.63, 3.8) is 0 Å². The molecule has 3 aromatic carbocycles. The van der Waals surface area contributed by atoms with Crippen molar-refractivity contribution in [1.29, 1.82) is 0 Å². The van der Waals surface area contributed by atoms with Gasteiger partial charge in [0.1, 0.15) is 17.0 Å². The third-order valence-electron chi connectivity index (χ3n) is 5.71. The zero-order chi connectivity index (χ0) is 25.8. The summed E-state index contributed by atoms with van der Waals surface area (Å²) in [5.41, 5.74) is 3.64. The van der Waals surface area contributed by atoms with E-state index in [2.05, 4.69) is 32.5 Å². The molecule has 1 aliphatic heterocycles. The Bertz CT molecular complexity index is 1430. The fourth-order valence-corrected chi connectivity index (χ4v) is 5.29. The van der Waals surface area contributed by atoms with E-state index in [4.69, 9.17) is 8.97 Å². The van der Waals surface area contributed by atoms with Crippen LogP contribution in [-0.4, -0.2) is 19.8 Å². The lowest BCUT2D eigenvalue weighted by atomic mass is 10.0. The minimum Gasteiger partial charge on any atom is -0.423 e. The van der Waals surface area contributed by atoms with Gasteiger partial charge in [-0.3, -0.25) is 9.27 Å². The average Bonchev–Trinajstić information content (AvgIpc) is 3.55. The van der Waals surface area contributed by atoms with E-state index in [0.717, 1.165) is 29.0 Å². The fraction of sp³-hybridized carbons (Fsp3) is 0.115. The average molecular weight is 541 g/mol. The van der Waals surface area contributed by atoms with Crippen LogP contribution in [0.4, 0.5) is 20.5 Å². The second-order valence-corrected chi connectivity index (χ2v) is 9.93. The highest BCUT2D eigenvalue weighted by molar-refractivity contribution is 8.02. The van der Waals surface area contributed by atoms with Crippen LogP contribution >= 0.6 is 11.8 Å². The Kier molecular flexibility index (Phi) is 7.54. The molecule has 0 aliphatic carbocycles. The first-order valence-corrected chi connectivity index (χ1v) is 13.3. The summed E-state index contributed by atoms with van der Waals surface area (Å²) in [6.07, 6.45) is 1.93. The highest BCUT2D eigenvalue weighted by Gasteiger charge is 2.26. The maximum absolute atomic E-state index is 14.2. The van der Waals surface area contributed by atoms with Crippen molar-refractivity contribution in [1.82, 2.24) is 10.3 Å². The normalized spacial score (nSPS) is 16.5. The molecule has 0 bridgehead atoms. The zero-order valence-electron chi connectivity index (χ0n) is 19.2. The second-order valence-electron chi connectivity index (χ2n) is 8.25. The summed E-state index contributed by atoms with van der Waals surface area (Å²) in [7, 11) is 0. The Morgan fingerprint density at radius 3 is 2.62 bits per heavy atom. The summed E-state index contributed by atoms with van der Waals surface area (Å²) in [5, 5.41) is 8.92. The van der Waals surface area contributed by atoms with Gasteiger partial charge in [-0.05, 0) is 47.2 Å². The minimum atomic E-state index is -2.15. The van der Waals surface area contributed by atoms with Crippen molar-refractivity contribution in [2.24, 2.45) is 0 Å². The number of nitrogens with zero attached hydrogens (tertiary/aromatic N) is 1. The van der Waals surface area contributed by atoms with Gasteiger partial charge in [0.2, 0.25) is 0 Å². The molecule has 0 radical (unpaired) electrons. The fourth-order valence-electron chi connectivity index (χ4n) is 3.92. The SMILES string of the molecule is O=S(O)Nc1ccc(C[C@H](Nc2ncc(-c3ccc(F)cc3F)o2)C2=CSC(c3ccccc3)N2)cc1. The molecule has 5 rings (SSSR count). The molecule has 4 N–H and O–H groups in total. The lowest BCUT2D eigenvalue weighted by Crippen LogP contribution is -2.31. The molecule has 4 aromatic rings. The van der Waals surface area contributed by atoms with Gasteiger partial charge in [0.15, 0.2) is 5.76 Å². The Balaban J connectivity index is 1.37. The molecule has 1 aromatic heterocycles. The number of aromatic nitrogens is 1. The number of hydrogen-bond donors (Lipinski definition) is 4. The molecule has 0 amide bonds. The standard InChI is InChI=1S/C26H22F2N4O3S2/c27-18-8-11-20(21(28)13-18)24-14-29-26(35-24)31-22(12-16-6-9-19(10-7-16)32-37(33)34)23-15-36-25(30-23)17-4-2-1-3-5-17/h1-11,13-15,22,25,30,32H,12H2,(H,29,31)(H,33,34)/t22-,25?/m0/s1. The van der Waals surface area contributed by atoms with Crippen LogP contribution in [0.2, 0.25) is 0 Å². The van der Waals surface area contributed by atoms with Crippen molar-refractivity contribution in [3.8, 4) is 11.3 Å². The first-order chi connectivity index (χ1) is 17.9. The molecule has 11 heteroatoms. The van der Waals surface area contributed by atoms with E-state index in [-0.39, 0.29) is 28.8 Å². The quantitative estimate of drug-likeness (QED) is 0.191. The summed E-state index contributed by atoms with van der Waals surface area (Å²) in [4.78, 5) is 4.26. The predicted octanol–water partition coefficient (Wildman–Crippen LogP) is 6.07. The van der Waals surface area contributed by atoms with Gasteiger partial charge >= 0.3 is 0 Å². The van der Waals surface area contributed by atoms with Gasteiger partial charge in [-0.15, -0.1) is 11.8 Å². The summed E-state index contributed by atoms with van der Waals surface area (Å²) in [6.45, 7) is 0. The van der Waals surface area contributed by atoms with Gasteiger partial charge in [-0.2, -0.15) is 0 Å². The van der Waals surface area contributed by atoms with Crippen LogP contribution in [-0.2, 0) is 17.7 Å². The number of oxazole rings is 1. The molecule has 0 spiro atoms. The molecular weight excluding hydrogens is 518 g/mol. The number of halogens is 2. The third-order valence-corrected chi connectivity index (χ3v) is 7.17. The van der Waals surface area contributed by atoms with Crippen molar-refractivity contribution in [3.05, 3.63) is 113 Å². The van der Waals surface area contributed by atoms with Gasteiger partial charge in [-0.1, -0.05) is 42.5 Å². The van der Waals surface area contributed by atoms with Gasteiger partial charge in [0.25, 0.3) is 17.3 Å². The molecule has 0 fully saturated rings. The third kappa shape index (κ3) is 6.19. The van der Waals surface area contributed by atoms with E-state index in [9.17, 15) is 13.0 Å². The summed E-state index contributed by atoms with van der Waals surface area (Å²) < 4.78 is 55.8. The highest BCUT2D eigenvalue weighted by Crippen LogP contribution is 2.36. The topological polar surface area (TPSA) is 99.4 Å². The number of thioether (sulfide) groups is 1. The smallest absolute Gasteiger partial charge is 0.295 e. The number of hydrogen-bond acceptors (Lipinski definition) is 6. The van der Waals surface area contributed by atoms with Crippen LogP contribution in [0, 0.1) is 11.6 Å². The minimum absolute atomic E-state index is 0.0417. The van der Waals surface area contributed by atoms with Gasteiger partial charge < -0.3 is 15.1 Å². The summed E-state index contributed by atoms with van der Waals surface area (Å²) in [6, 6.07) is 20.4. The molecule has 1 aliphatic rings. The molecule has 2 unspecified atom stereocenters. The Morgan fingerprint density at radius 2 is 1.89 bits per heavy atom. The molecule has 7 nitrogen and oxygen atoms in total. The largest absolute Gasteiger partial charge is 0.423 e. The second kappa shape index (κ2) is 11.2. The number of anilines is 2. The van der Waals surface area contributed by atoms with Crippen molar-refractivity contribution in [2.45, 2.75) is 17.8 Å². The van der Waals surface area contributed by atoms with Crippen molar-refractivity contribution in [2.75, 3.05) is 10.0 Å². The Hall–Kier alpha value is -3.67. The number of nitrogens with one attached hydrogen (secondary N) is 3. The molecule has 0 saturated carbocycles. The lowest BCUT2D eigenvalue weighted by Gasteiger charge is -2.22. The highest BCUT2D eigenvalue weighted by atomic mass is 32.2. The van der Waals surface area contributed by atoms with Gasteiger partial charge in [-0.25, -0.2) is 18.0 Å². The molecule has 190 valence electrons. The number of benzene rings is 3. The maximum Gasteiger partial charge on any atom is 0.295 e. The van der Waals surface area contributed by atoms with E-state index in [1.807, 2.05) is 35.7 Å². The Morgan fingerprint density at radius 1 is 1.11 bits per heavy atom. The van der Waals surface area contributed by atoms with Crippen LogP contribution in [0.25, 0.3) is 11.3 Å². The van der Waals surface area contributed by atoms with E-state index >= 15 is 0 Å².